The Hall–Kier alpha value is 1.55. The van der Waals surface area contributed by atoms with Crippen LogP contribution in [0, 0.1) is 0 Å². The molecule has 0 N–H and O–H groups in total. The first kappa shape index (κ1) is 11.6. The molecule has 1 atom stereocenters. The van der Waals surface area contributed by atoms with E-state index in [1.807, 2.05) is 0 Å². The summed E-state index contributed by atoms with van der Waals surface area (Å²) >= 11 is 7.32. The number of halogens is 6. The molecule has 0 aliphatic carbocycles. The van der Waals surface area contributed by atoms with E-state index >= 15 is 0 Å². The predicted octanol–water partition coefficient (Wildman–Crippen LogP) is 4.37. The SMILES string of the molecule is FC(F)(F)SC(Cl)(Br)SCl. The second-order valence-corrected chi connectivity index (χ2v) is 7.57. The molecule has 8 heteroatoms. The second kappa shape index (κ2) is 3.98. The Labute approximate surface area is 81.8 Å². The van der Waals surface area contributed by atoms with Crippen molar-refractivity contribution in [2.24, 2.45) is 0 Å². The molecule has 0 amide bonds. The summed E-state index contributed by atoms with van der Waals surface area (Å²) in [7, 11) is 5.37. The van der Waals surface area contributed by atoms with Crippen molar-refractivity contribution in [3.8, 4) is 0 Å². The maximum Gasteiger partial charge on any atom is 0.445 e. The lowest BCUT2D eigenvalue weighted by Crippen LogP contribution is -2.09. The van der Waals surface area contributed by atoms with E-state index in [4.69, 9.17) is 22.3 Å². The summed E-state index contributed by atoms with van der Waals surface area (Å²) in [6.45, 7) is 0. The van der Waals surface area contributed by atoms with Gasteiger partial charge in [-0.2, -0.15) is 13.2 Å². The molecular formula is C2BrCl2F3S2. The van der Waals surface area contributed by atoms with Crippen molar-refractivity contribution in [3.63, 3.8) is 0 Å². The minimum absolute atomic E-state index is 0.351. The third-order valence-corrected chi connectivity index (χ3v) is 4.67. The molecule has 0 saturated carbocycles. The molecular weight excluding hydrogens is 296 g/mol. The monoisotopic (exact) mass is 294 g/mol. The van der Waals surface area contributed by atoms with Crippen molar-refractivity contribution >= 4 is 61.0 Å². The van der Waals surface area contributed by atoms with Crippen LogP contribution in [-0.2, 0) is 0 Å². The van der Waals surface area contributed by atoms with Gasteiger partial charge >= 0.3 is 5.51 Å². The van der Waals surface area contributed by atoms with Crippen LogP contribution in [0.5, 0.6) is 0 Å². The summed E-state index contributed by atoms with van der Waals surface area (Å²) in [6, 6.07) is 0. The van der Waals surface area contributed by atoms with E-state index in [1.165, 1.54) is 0 Å². The summed E-state index contributed by atoms with van der Waals surface area (Å²) in [5.41, 5.74) is -4.38. The van der Waals surface area contributed by atoms with E-state index in [1.54, 1.807) is 0 Å². The minimum Gasteiger partial charge on any atom is -0.160 e. The fourth-order valence-electron chi connectivity index (χ4n) is 0.150. The summed E-state index contributed by atoms with van der Waals surface area (Å²) in [6.07, 6.45) is 0. The first-order valence-corrected chi connectivity index (χ1v) is 5.34. The van der Waals surface area contributed by atoms with E-state index in [0.717, 1.165) is 0 Å². The lowest BCUT2D eigenvalue weighted by molar-refractivity contribution is -0.0327. The lowest BCUT2D eigenvalue weighted by atomic mass is 11.6. The number of hydrogen-bond acceptors (Lipinski definition) is 2. The van der Waals surface area contributed by atoms with Gasteiger partial charge in [0.25, 0.3) is 0 Å². The van der Waals surface area contributed by atoms with Crippen LogP contribution < -0.4 is 0 Å². The number of hydrogen-bond donors (Lipinski definition) is 0. The molecule has 0 rings (SSSR count). The van der Waals surface area contributed by atoms with Gasteiger partial charge in [-0.3, -0.25) is 0 Å². The van der Waals surface area contributed by atoms with Crippen LogP contribution in [0.25, 0.3) is 0 Å². The highest BCUT2D eigenvalue weighted by atomic mass is 79.9. The normalized spacial score (nSPS) is 18.6. The second-order valence-electron chi connectivity index (χ2n) is 1.09. The highest BCUT2D eigenvalue weighted by molar-refractivity contribution is 9.15. The minimum atomic E-state index is -4.38. The molecule has 0 nitrogen and oxygen atoms in total. The van der Waals surface area contributed by atoms with E-state index in [0.29, 0.717) is 11.0 Å². The number of rotatable bonds is 2. The van der Waals surface area contributed by atoms with Gasteiger partial charge < -0.3 is 0 Å². The van der Waals surface area contributed by atoms with Crippen LogP contribution in [0.1, 0.15) is 0 Å². The van der Waals surface area contributed by atoms with Crippen LogP contribution in [0.4, 0.5) is 13.2 Å². The van der Waals surface area contributed by atoms with Gasteiger partial charge in [0.1, 0.15) is 0 Å². The molecule has 0 aliphatic rings. The van der Waals surface area contributed by atoms with Crippen molar-refractivity contribution in [2.75, 3.05) is 0 Å². The van der Waals surface area contributed by atoms with Gasteiger partial charge in [0.2, 0.25) is 2.45 Å². The largest absolute Gasteiger partial charge is 0.445 e. The Kier molecular flexibility index (Phi) is 4.60. The van der Waals surface area contributed by atoms with Crippen LogP contribution in [-0.4, -0.2) is 7.96 Å². The molecule has 0 bridgehead atoms. The molecule has 0 fully saturated rings. The third kappa shape index (κ3) is 6.27. The van der Waals surface area contributed by atoms with Gasteiger partial charge in [-0.1, -0.05) is 11.6 Å². The summed E-state index contributed by atoms with van der Waals surface area (Å²) in [5, 5.41) is 0. The van der Waals surface area contributed by atoms with Gasteiger partial charge in [0.05, 0.1) is 0 Å². The molecule has 0 spiro atoms. The van der Waals surface area contributed by atoms with E-state index in [2.05, 4.69) is 15.9 Å². The van der Waals surface area contributed by atoms with Crippen molar-refractivity contribution in [3.05, 3.63) is 0 Å². The first-order chi connectivity index (χ1) is 4.27. The number of thioether (sulfide) groups is 1. The average Bonchev–Trinajstić information content (AvgIpc) is 1.60. The zero-order valence-corrected chi connectivity index (χ0v) is 8.82. The van der Waals surface area contributed by atoms with Crippen molar-refractivity contribution in [2.45, 2.75) is 7.96 Å². The van der Waals surface area contributed by atoms with Crippen LogP contribution in [0.2, 0.25) is 0 Å². The topological polar surface area (TPSA) is 0 Å². The maximum absolute atomic E-state index is 11.5. The van der Waals surface area contributed by atoms with E-state index < -0.39 is 19.7 Å². The quantitative estimate of drug-likeness (QED) is 0.548. The smallest absolute Gasteiger partial charge is 0.160 e. The first-order valence-electron chi connectivity index (χ1n) is 1.71. The standard InChI is InChI=1S/C2BrCl2F3S2/c3-1(4,10-5)9-2(6,7)8. The molecule has 10 heavy (non-hydrogen) atoms. The molecule has 1 unspecified atom stereocenters. The fourth-order valence-corrected chi connectivity index (χ4v) is 1.93. The van der Waals surface area contributed by atoms with Gasteiger partial charge in [0, 0.05) is 0 Å². The zero-order chi connectivity index (χ0) is 8.41. The number of alkyl halides is 5. The Morgan fingerprint density at radius 1 is 1.30 bits per heavy atom. The lowest BCUT2D eigenvalue weighted by Gasteiger charge is -2.15. The Morgan fingerprint density at radius 3 is 1.80 bits per heavy atom. The molecule has 0 saturated heterocycles. The highest BCUT2D eigenvalue weighted by Crippen LogP contribution is 2.55. The maximum atomic E-state index is 11.5. The van der Waals surface area contributed by atoms with Gasteiger partial charge in [-0.05, 0) is 49.3 Å². The summed E-state index contributed by atoms with van der Waals surface area (Å²) < 4.78 is 32.8. The van der Waals surface area contributed by atoms with Crippen LogP contribution in [0.3, 0.4) is 0 Å². The van der Waals surface area contributed by atoms with Gasteiger partial charge in [0.15, 0.2) is 0 Å². The fraction of sp³-hybridized carbons (Fsp3) is 1.00. The van der Waals surface area contributed by atoms with Crippen molar-refractivity contribution < 1.29 is 13.2 Å². The molecule has 62 valence electrons. The Bertz CT molecular complexity index is 116. The summed E-state index contributed by atoms with van der Waals surface area (Å²) in [5.74, 6) is 0. The Morgan fingerprint density at radius 2 is 1.70 bits per heavy atom. The van der Waals surface area contributed by atoms with Crippen molar-refractivity contribution in [1.82, 2.24) is 0 Å². The highest BCUT2D eigenvalue weighted by Gasteiger charge is 2.41. The third-order valence-electron chi connectivity index (χ3n) is 0.324. The van der Waals surface area contributed by atoms with Crippen LogP contribution >= 0.6 is 61.0 Å². The Balaban J connectivity index is 3.89. The van der Waals surface area contributed by atoms with Gasteiger partial charge in [-0.15, -0.1) is 0 Å². The molecule has 0 heterocycles. The molecule has 0 aromatic carbocycles. The summed E-state index contributed by atoms with van der Waals surface area (Å²) in [4.78, 5) is 0. The van der Waals surface area contributed by atoms with Gasteiger partial charge in [-0.25, -0.2) is 0 Å². The molecule has 0 aromatic rings. The molecule has 0 aromatic heterocycles. The van der Waals surface area contributed by atoms with E-state index in [9.17, 15) is 13.2 Å². The average molecular weight is 296 g/mol. The van der Waals surface area contributed by atoms with Crippen LogP contribution in [0.15, 0.2) is 0 Å². The molecule has 0 aliphatic heterocycles. The predicted molar refractivity (Wildman–Crippen MR) is 44.6 cm³/mol. The zero-order valence-electron chi connectivity index (χ0n) is 4.08. The van der Waals surface area contributed by atoms with Crippen molar-refractivity contribution in [1.29, 1.82) is 0 Å². The van der Waals surface area contributed by atoms with E-state index in [-0.39, 0.29) is 0 Å². The molecule has 0 radical (unpaired) electrons.